The van der Waals surface area contributed by atoms with Crippen LogP contribution >= 0.6 is 11.3 Å². The molecule has 2 rings (SSSR count). The number of ether oxygens (including phenoxy) is 1. The average Bonchev–Trinajstić information content (AvgIpc) is 3.14. The van der Waals surface area contributed by atoms with Gasteiger partial charge in [-0.1, -0.05) is 12.8 Å². The molecule has 0 aliphatic heterocycles. The number of aryl methyl sites for hydroxylation is 1. The van der Waals surface area contributed by atoms with Crippen LogP contribution in [0.5, 0.6) is 0 Å². The highest BCUT2D eigenvalue weighted by molar-refractivity contribution is 7.10. The van der Waals surface area contributed by atoms with Crippen molar-refractivity contribution in [3.05, 3.63) is 21.9 Å². The Morgan fingerprint density at radius 2 is 2.19 bits per heavy atom. The SMILES string of the molecule is CN=C(NCCCOC1CCCC1)NCc1sccc1C. The van der Waals surface area contributed by atoms with Gasteiger partial charge in [0.05, 0.1) is 12.6 Å². The van der Waals surface area contributed by atoms with Crippen LogP contribution < -0.4 is 10.6 Å². The first-order valence-corrected chi connectivity index (χ1v) is 8.76. The normalized spacial score (nSPS) is 16.4. The molecule has 21 heavy (non-hydrogen) atoms. The van der Waals surface area contributed by atoms with Crippen molar-refractivity contribution in [3.8, 4) is 0 Å². The van der Waals surface area contributed by atoms with Gasteiger partial charge in [-0.3, -0.25) is 4.99 Å². The van der Waals surface area contributed by atoms with Crippen molar-refractivity contribution >= 4 is 17.3 Å². The van der Waals surface area contributed by atoms with E-state index in [0.29, 0.717) is 6.10 Å². The second kappa shape index (κ2) is 9.05. The zero-order valence-electron chi connectivity index (χ0n) is 13.2. The minimum Gasteiger partial charge on any atom is -0.378 e. The number of nitrogens with one attached hydrogen (secondary N) is 2. The molecule has 0 saturated heterocycles. The summed E-state index contributed by atoms with van der Waals surface area (Å²) in [6, 6.07) is 2.15. The number of thiophene rings is 1. The fourth-order valence-corrected chi connectivity index (χ4v) is 3.40. The highest BCUT2D eigenvalue weighted by Crippen LogP contribution is 2.20. The third-order valence-electron chi connectivity index (χ3n) is 3.88. The zero-order valence-corrected chi connectivity index (χ0v) is 14.0. The summed E-state index contributed by atoms with van der Waals surface area (Å²) >= 11 is 1.78. The first-order chi connectivity index (χ1) is 10.3. The van der Waals surface area contributed by atoms with E-state index in [9.17, 15) is 0 Å². The van der Waals surface area contributed by atoms with Gasteiger partial charge in [-0.25, -0.2) is 0 Å². The largest absolute Gasteiger partial charge is 0.378 e. The minimum atomic E-state index is 0.518. The van der Waals surface area contributed by atoms with E-state index >= 15 is 0 Å². The van der Waals surface area contributed by atoms with Crippen LogP contribution in [-0.2, 0) is 11.3 Å². The molecule has 1 heterocycles. The van der Waals surface area contributed by atoms with Gasteiger partial charge in [0.15, 0.2) is 5.96 Å². The average molecular weight is 309 g/mol. The number of aliphatic imine (C=N–C) groups is 1. The highest BCUT2D eigenvalue weighted by Gasteiger charge is 2.14. The molecule has 0 unspecified atom stereocenters. The van der Waals surface area contributed by atoms with Gasteiger partial charge >= 0.3 is 0 Å². The molecule has 1 aliphatic rings. The smallest absolute Gasteiger partial charge is 0.191 e. The van der Waals surface area contributed by atoms with Crippen LogP contribution in [0.4, 0.5) is 0 Å². The lowest BCUT2D eigenvalue weighted by Crippen LogP contribution is -2.37. The molecule has 118 valence electrons. The van der Waals surface area contributed by atoms with E-state index in [1.54, 1.807) is 11.3 Å². The van der Waals surface area contributed by atoms with Crippen LogP contribution in [0.2, 0.25) is 0 Å². The number of guanidine groups is 1. The summed E-state index contributed by atoms with van der Waals surface area (Å²) in [5.74, 6) is 0.865. The lowest BCUT2D eigenvalue weighted by atomic mass is 10.3. The molecule has 5 heteroatoms. The fourth-order valence-electron chi connectivity index (χ4n) is 2.55. The maximum atomic E-state index is 5.85. The van der Waals surface area contributed by atoms with Crippen molar-refractivity contribution in [3.63, 3.8) is 0 Å². The molecule has 0 radical (unpaired) electrons. The van der Waals surface area contributed by atoms with E-state index in [1.165, 1.54) is 36.1 Å². The predicted octanol–water partition coefficient (Wildman–Crippen LogP) is 3.07. The molecule has 1 aliphatic carbocycles. The van der Waals surface area contributed by atoms with Gasteiger partial charge in [0.1, 0.15) is 0 Å². The Labute approximate surface area is 132 Å². The number of rotatable bonds is 7. The first kappa shape index (κ1) is 16.3. The van der Waals surface area contributed by atoms with Gasteiger partial charge in [0.25, 0.3) is 0 Å². The van der Waals surface area contributed by atoms with Crippen molar-refractivity contribution in [2.75, 3.05) is 20.2 Å². The summed E-state index contributed by atoms with van der Waals surface area (Å²) in [4.78, 5) is 5.61. The van der Waals surface area contributed by atoms with Crippen LogP contribution in [0.1, 0.15) is 42.5 Å². The number of hydrogen-bond acceptors (Lipinski definition) is 3. The molecule has 0 atom stereocenters. The Kier molecular flexibility index (Phi) is 7.03. The van der Waals surface area contributed by atoms with Crippen molar-refractivity contribution < 1.29 is 4.74 Å². The maximum absolute atomic E-state index is 5.85. The van der Waals surface area contributed by atoms with Crippen molar-refractivity contribution in [2.24, 2.45) is 4.99 Å². The van der Waals surface area contributed by atoms with E-state index in [-0.39, 0.29) is 0 Å². The molecular weight excluding hydrogens is 282 g/mol. The summed E-state index contributed by atoms with van der Waals surface area (Å²) in [5.41, 5.74) is 1.34. The fraction of sp³-hybridized carbons (Fsp3) is 0.688. The van der Waals surface area contributed by atoms with Crippen molar-refractivity contribution in [1.29, 1.82) is 0 Å². The Morgan fingerprint density at radius 1 is 1.38 bits per heavy atom. The first-order valence-electron chi connectivity index (χ1n) is 7.88. The molecular formula is C16H27N3OS. The molecule has 4 nitrogen and oxygen atoms in total. The third-order valence-corrected chi connectivity index (χ3v) is 4.90. The van der Waals surface area contributed by atoms with Crippen LogP contribution in [0.15, 0.2) is 16.4 Å². The van der Waals surface area contributed by atoms with Gasteiger partial charge in [0.2, 0.25) is 0 Å². The van der Waals surface area contributed by atoms with Gasteiger partial charge in [-0.15, -0.1) is 11.3 Å². The van der Waals surface area contributed by atoms with E-state index in [4.69, 9.17) is 4.74 Å². The van der Waals surface area contributed by atoms with Crippen molar-refractivity contribution in [2.45, 2.75) is 51.7 Å². The Balaban J connectivity index is 1.56. The Morgan fingerprint density at radius 3 is 2.86 bits per heavy atom. The maximum Gasteiger partial charge on any atom is 0.191 e. The topological polar surface area (TPSA) is 45.7 Å². The molecule has 1 aromatic heterocycles. The standard InChI is InChI=1S/C16H27N3OS/c1-13-8-11-21-15(13)12-19-16(17-2)18-9-5-10-20-14-6-3-4-7-14/h8,11,14H,3-7,9-10,12H2,1-2H3,(H2,17,18,19). The zero-order chi connectivity index (χ0) is 14.9. The molecule has 0 spiro atoms. The summed E-state index contributed by atoms with van der Waals surface area (Å²) in [5, 5.41) is 8.82. The molecule has 0 aromatic carbocycles. The van der Waals surface area contributed by atoms with Gasteiger partial charge in [-0.2, -0.15) is 0 Å². The summed E-state index contributed by atoms with van der Waals surface area (Å²) in [6.07, 6.45) is 6.70. The van der Waals surface area contributed by atoms with Gasteiger partial charge in [-0.05, 0) is 43.2 Å². The van der Waals surface area contributed by atoms with E-state index in [2.05, 4.69) is 34.0 Å². The lowest BCUT2D eigenvalue weighted by Gasteiger charge is -2.13. The lowest BCUT2D eigenvalue weighted by molar-refractivity contribution is 0.0574. The summed E-state index contributed by atoms with van der Waals surface area (Å²) in [6.45, 7) is 4.72. The molecule has 2 N–H and O–H groups in total. The van der Waals surface area contributed by atoms with E-state index in [0.717, 1.165) is 32.1 Å². The minimum absolute atomic E-state index is 0.518. The molecule has 1 aromatic rings. The Hall–Kier alpha value is -1.07. The second-order valence-corrected chi connectivity index (χ2v) is 6.51. The van der Waals surface area contributed by atoms with Gasteiger partial charge < -0.3 is 15.4 Å². The quantitative estimate of drug-likeness (QED) is 0.462. The van der Waals surface area contributed by atoms with E-state index in [1.807, 2.05) is 7.05 Å². The molecule has 0 amide bonds. The molecule has 1 saturated carbocycles. The van der Waals surface area contributed by atoms with Gasteiger partial charge in [0, 0.05) is 25.1 Å². The van der Waals surface area contributed by atoms with E-state index < -0.39 is 0 Å². The van der Waals surface area contributed by atoms with Crippen molar-refractivity contribution in [1.82, 2.24) is 10.6 Å². The molecule has 1 fully saturated rings. The Bertz CT molecular complexity index is 438. The van der Waals surface area contributed by atoms with Crippen LogP contribution in [0.3, 0.4) is 0 Å². The van der Waals surface area contributed by atoms with Crippen LogP contribution in [-0.4, -0.2) is 32.3 Å². The monoisotopic (exact) mass is 309 g/mol. The second-order valence-electron chi connectivity index (χ2n) is 5.51. The van der Waals surface area contributed by atoms with Crippen LogP contribution in [0.25, 0.3) is 0 Å². The third kappa shape index (κ3) is 5.67. The van der Waals surface area contributed by atoms with Crippen LogP contribution in [0, 0.1) is 6.92 Å². The number of hydrogen-bond donors (Lipinski definition) is 2. The predicted molar refractivity (Wildman–Crippen MR) is 90.1 cm³/mol. The summed E-state index contributed by atoms with van der Waals surface area (Å²) in [7, 11) is 1.81. The number of nitrogens with zero attached hydrogens (tertiary/aromatic N) is 1. The molecule has 0 bridgehead atoms. The highest BCUT2D eigenvalue weighted by atomic mass is 32.1. The summed E-state index contributed by atoms with van der Waals surface area (Å²) < 4.78 is 5.85.